The number of benzene rings is 1. The van der Waals surface area contributed by atoms with Gasteiger partial charge in [0.2, 0.25) is 0 Å². The van der Waals surface area contributed by atoms with Crippen LogP contribution in [0.5, 0.6) is 0 Å². The molecule has 1 aromatic carbocycles. The first-order chi connectivity index (χ1) is 19.5. The van der Waals surface area contributed by atoms with Crippen LogP contribution in [0.25, 0.3) is 0 Å². The van der Waals surface area contributed by atoms with Crippen molar-refractivity contribution in [1.29, 1.82) is 0 Å². The fraction of sp³-hybridized carbons (Fsp3) is 0.714. The Morgan fingerprint density at radius 1 is 0.825 bits per heavy atom. The number of likely N-dealkylation sites (tertiary alicyclic amines) is 1. The van der Waals surface area contributed by atoms with Crippen LogP contribution in [0.1, 0.15) is 129 Å². The molecule has 40 heavy (non-hydrogen) atoms. The Labute approximate surface area is 244 Å². The summed E-state index contributed by atoms with van der Waals surface area (Å²) in [6.45, 7) is 4.93. The van der Waals surface area contributed by atoms with Crippen LogP contribution in [0.15, 0.2) is 42.1 Å². The smallest absolute Gasteiger partial charge is 0.313 e. The molecule has 1 aromatic rings. The SMILES string of the molecule is CCCCCCCCCCCCCCCCCC(=O)/C=C1\[C@H](O)[C@@H](C(=O)OC)[C@H](CC)N1CCc1ccccc1. The molecule has 5 nitrogen and oxygen atoms in total. The van der Waals surface area contributed by atoms with Gasteiger partial charge in [0, 0.05) is 30.8 Å². The van der Waals surface area contributed by atoms with Crippen LogP contribution >= 0.6 is 0 Å². The second-order valence-electron chi connectivity index (χ2n) is 11.6. The molecule has 0 radical (unpaired) electrons. The third-order valence-corrected chi connectivity index (χ3v) is 8.50. The number of methoxy groups -OCH3 is 1. The van der Waals surface area contributed by atoms with E-state index in [4.69, 9.17) is 4.74 Å². The van der Waals surface area contributed by atoms with Crippen molar-refractivity contribution < 1.29 is 19.4 Å². The number of nitrogens with zero attached hydrogens (tertiary/aromatic N) is 1. The van der Waals surface area contributed by atoms with Gasteiger partial charge in [-0.1, -0.05) is 134 Å². The standard InChI is InChI=1S/C35H57NO4/c1-4-6-7-8-9-10-11-12-13-14-15-16-17-18-22-25-30(37)28-32-34(38)33(35(39)40-3)31(5-2)36(32)27-26-29-23-20-19-21-24-29/h19-21,23-24,28,31,33-34,38H,4-18,22,25-27H2,1-3H3/b32-28+/t31-,33-,34-/m0/s1. The van der Waals surface area contributed by atoms with Crippen molar-refractivity contribution in [2.75, 3.05) is 13.7 Å². The molecule has 1 aliphatic rings. The van der Waals surface area contributed by atoms with Gasteiger partial charge in [0.25, 0.3) is 0 Å². The molecule has 1 heterocycles. The average molecular weight is 556 g/mol. The summed E-state index contributed by atoms with van der Waals surface area (Å²) in [5.41, 5.74) is 1.76. The predicted molar refractivity (Wildman–Crippen MR) is 165 cm³/mol. The second kappa shape index (κ2) is 20.7. The summed E-state index contributed by atoms with van der Waals surface area (Å²) >= 11 is 0. The molecule has 2 rings (SSSR count). The van der Waals surface area contributed by atoms with E-state index < -0.39 is 18.0 Å². The fourth-order valence-corrected chi connectivity index (χ4v) is 6.11. The molecule has 226 valence electrons. The fourth-order valence-electron chi connectivity index (χ4n) is 6.11. The van der Waals surface area contributed by atoms with Crippen molar-refractivity contribution in [3.05, 3.63) is 47.7 Å². The first kappa shape index (κ1) is 34.1. The molecule has 0 bridgehead atoms. The van der Waals surface area contributed by atoms with Crippen LogP contribution in [-0.2, 0) is 20.7 Å². The maximum atomic E-state index is 12.9. The third kappa shape index (κ3) is 12.2. The normalized spacial score (nSPS) is 19.9. The Bertz CT molecular complexity index is 852. The molecule has 1 fully saturated rings. The van der Waals surface area contributed by atoms with E-state index in [1.54, 1.807) is 6.08 Å². The van der Waals surface area contributed by atoms with Gasteiger partial charge in [0.05, 0.1) is 7.11 Å². The number of aliphatic hydroxyl groups excluding tert-OH is 1. The summed E-state index contributed by atoms with van der Waals surface area (Å²) in [5, 5.41) is 11.1. The highest BCUT2D eigenvalue weighted by atomic mass is 16.5. The molecular weight excluding hydrogens is 498 g/mol. The number of hydrogen-bond donors (Lipinski definition) is 1. The van der Waals surface area contributed by atoms with Crippen LogP contribution in [-0.4, -0.2) is 47.6 Å². The third-order valence-electron chi connectivity index (χ3n) is 8.50. The van der Waals surface area contributed by atoms with Gasteiger partial charge in [-0.05, 0) is 24.8 Å². The molecule has 1 aliphatic heterocycles. The number of ether oxygens (including phenoxy) is 1. The number of aliphatic hydroxyl groups is 1. The van der Waals surface area contributed by atoms with E-state index in [0.717, 1.165) is 19.3 Å². The zero-order valence-corrected chi connectivity index (χ0v) is 25.8. The van der Waals surface area contributed by atoms with E-state index in [1.807, 2.05) is 25.1 Å². The van der Waals surface area contributed by atoms with Gasteiger partial charge < -0.3 is 14.7 Å². The van der Waals surface area contributed by atoms with Gasteiger partial charge in [-0.15, -0.1) is 0 Å². The number of allylic oxidation sites excluding steroid dienone is 1. The van der Waals surface area contributed by atoms with E-state index in [1.165, 1.54) is 96.1 Å². The Morgan fingerprint density at radius 2 is 1.35 bits per heavy atom. The molecular formula is C35H57NO4. The monoisotopic (exact) mass is 555 g/mol. The maximum absolute atomic E-state index is 12.9. The number of ketones is 1. The lowest BCUT2D eigenvalue weighted by Gasteiger charge is -2.28. The van der Waals surface area contributed by atoms with Crippen LogP contribution < -0.4 is 0 Å². The highest BCUT2D eigenvalue weighted by Gasteiger charge is 2.48. The summed E-state index contributed by atoms with van der Waals surface area (Å²) in [4.78, 5) is 27.5. The molecule has 0 unspecified atom stereocenters. The minimum Gasteiger partial charge on any atom is -0.469 e. The molecule has 0 saturated carbocycles. The summed E-state index contributed by atoms with van der Waals surface area (Å²) in [5.74, 6) is -1.05. The molecule has 3 atom stereocenters. The van der Waals surface area contributed by atoms with Gasteiger partial charge in [0.15, 0.2) is 5.78 Å². The van der Waals surface area contributed by atoms with Crippen molar-refractivity contribution in [1.82, 2.24) is 4.90 Å². The summed E-state index contributed by atoms with van der Waals surface area (Å²) in [6.07, 6.45) is 22.0. The number of hydrogen-bond acceptors (Lipinski definition) is 5. The zero-order chi connectivity index (χ0) is 29.0. The molecule has 0 aliphatic carbocycles. The molecule has 1 saturated heterocycles. The van der Waals surface area contributed by atoms with E-state index in [0.29, 0.717) is 25.1 Å². The number of rotatable bonds is 22. The second-order valence-corrected chi connectivity index (χ2v) is 11.6. The maximum Gasteiger partial charge on any atom is 0.313 e. The highest BCUT2D eigenvalue weighted by molar-refractivity contribution is 5.90. The van der Waals surface area contributed by atoms with Gasteiger partial charge in [-0.3, -0.25) is 9.59 Å². The Morgan fingerprint density at radius 3 is 1.85 bits per heavy atom. The Hall–Kier alpha value is -2.14. The van der Waals surface area contributed by atoms with Crippen LogP contribution in [0.4, 0.5) is 0 Å². The first-order valence-electron chi connectivity index (χ1n) is 16.3. The van der Waals surface area contributed by atoms with Crippen molar-refractivity contribution in [3.8, 4) is 0 Å². The number of unbranched alkanes of at least 4 members (excludes halogenated alkanes) is 14. The number of carbonyl (C=O) groups is 2. The van der Waals surface area contributed by atoms with E-state index >= 15 is 0 Å². The Kier molecular flexibility index (Phi) is 17.6. The lowest BCUT2D eigenvalue weighted by molar-refractivity contribution is -0.149. The van der Waals surface area contributed by atoms with Crippen molar-refractivity contribution >= 4 is 11.8 Å². The molecule has 1 N–H and O–H groups in total. The van der Waals surface area contributed by atoms with E-state index in [9.17, 15) is 14.7 Å². The van der Waals surface area contributed by atoms with Gasteiger partial charge in [0.1, 0.15) is 12.0 Å². The average Bonchev–Trinajstić information content (AvgIpc) is 3.23. The molecule has 0 spiro atoms. The van der Waals surface area contributed by atoms with E-state index in [-0.39, 0.29) is 11.8 Å². The van der Waals surface area contributed by atoms with Crippen molar-refractivity contribution in [2.24, 2.45) is 5.92 Å². The molecule has 0 amide bonds. The Balaban J connectivity index is 1.72. The molecule has 0 aromatic heterocycles. The zero-order valence-electron chi connectivity index (χ0n) is 25.8. The van der Waals surface area contributed by atoms with Crippen molar-refractivity contribution in [3.63, 3.8) is 0 Å². The van der Waals surface area contributed by atoms with Crippen LogP contribution in [0, 0.1) is 5.92 Å². The lowest BCUT2D eigenvalue weighted by atomic mass is 9.95. The van der Waals surface area contributed by atoms with Crippen LogP contribution in [0.3, 0.4) is 0 Å². The quantitative estimate of drug-likeness (QED) is 0.0887. The van der Waals surface area contributed by atoms with E-state index in [2.05, 4.69) is 24.0 Å². The minimum atomic E-state index is -1.02. The molecule has 5 heteroatoms. The highest BCUT2D eigenvalue weighted by Crippen LogP contribution is 2.36. The summed E-state index contributed by atoms with van der Waals surface area (Å²) < 4.78 is 5.02. The number of esters is 1. The first-order valence-corrected chi connectivity index (χ1v) is 16.3. The topological polar surface area (TPSA) is 66.8 Å². The predicted octanol–water partition coefficient (Wildman–Crippen LogP) is 8.19. The van der Waals surface area contributed by atoms with Gasteiger partial charge >= 0.3 is 5.97 Å². The summed E-state index contributed by atoms with van der Waals surface area (Å²) in [6, 6.07) is 10.00. The number of carbonyl (C=O) groups excluding carboxylic acids is 2. The minimum absolute atomic E-state index is 0.0359. The largest absolute Gasteiger partial charge is 0.469 e. The lowest BCUT2D eigenvalue weighted by Crippen LogP contribution is -2.37. The van der Waals surface area contributed by atoms with Crippen molar-refractivity contribution in [2.45, 2.75) is 142 Å². The van der Waals surface area contributed by atoms with Gasteiger partial charge in [-0.2, -0.15) is 0 Å². The van der Waals surface area contributed by atoms with Gasteiger partial charge in [-0.25, -0.2) is 0 Å². The van der Waals surface area contributed by atoms with Crippen LogP contribution in [0.2, 0.25) is 0 Å². The summed E-state index contributed by atoms with van der Waals surface area (Å²) in [7, 11) is 1.36.